The summed E-state index contributed by atoms with van der Waals surface area (Å²) in [5.74, 6) is 1.13. The minimum Gasteiger partial charge on any atom is -0.456 e. The lowest BCUT2D eigenvalue weighted by Crippen LogP contribution is -2.36. The normalized spacial score (nSPS) is 20.6. The smallest absolute Gasteiger partial charge is 0.338 e. The van der Waals surface area contributed by atoms with Crippen molar-refractivity contribution in [2.75, 3.05) is 18.1 Å². The molecule has 2 atom stereocenters. The molecule has 0 amide bonds. The monoisotopic (exact) mass is 384 g/mol. The average molecular weight is 385 g/mol. The largest absolute Gasteiger partial charge is 0.456 e. The molecule has 4 nitrogen and oxygen atoms in total. The molecule has 0 radical (unpaired) electrons. The highest BCUT2D eigenvalue weighted by Gasteiger charge is 2.40. The van der Waals surface area contributed by atoms with E-state index in [4.69, 9.17) is 14.2 Å². The Hall–Kier alpha value is -0.690. The first-order valence-corrected chi connectivity index (χ1v) is 10.9. The van der Waals surface area contributed by atoms with Gasteiger partial charge in [-0.1, -0.05) is 32.0 Å². The van der Waals surface area contributed by atoms with Gasteiger partial charge in [0.05, 0.1) is 16.8 Å². The fourth-order valence-electron chi connectivity index (χ4n) is 2.70. The van der Waals surface area contributed by atoms with Crippen molar-refractivity contribution in [3.05, 3.63) is 35.9 Å². The van der Waals surface area contributed by atoms with Crippen molar-refractivity contribution in [3.63, 3.8) is 0 Å². The van der Waals surface area contributed by atoms with Gasteiger partial charge in [0.15, 0.2) is 5.79 Å². The molecule has 1 heterocycles. The third-order valence-corrected chi connectivity index (χ3v) is 6.45. The van der Waals surface area contributed by atoms with Gasteiger partial charge in [-0.3, -0.25) is 0 Å². The number of benzene rings is 1. The Morgan fingerprint density at radius 3 is 2.40 bits per heavy atom. The van der Waals surface area contributed by atoms with Crippen molar-refractivity contribution in [2.24, 2.45) is 0 Å². The summed E-state index contributed by atoms with van der Waals surface area (Å²) in [5, 5.41) is 0. The Morgan fingerprint density at radius 1 is 1.24 bits per heavy atom. The van der Waals surface area contributed by atoms with E-state index in [0.29, 0.717) is 16.8 Å². The summed E-state index contributed by atoms with van der Waals surface area (Å²) < 4.78 is 17.9. The lowest BCUT2D eigenvalue weighted by molar-refractivity contribution is -0.151. The lowest BCUT2D eigenvalue weighted by Gasteiger charge is -2.27. The minimum absolute atomic E-state index is 0.236. The standard InChI is InChI=1S/C19H28O4S2/c1-5-24-17(25-6-2)12-15(16-13-21-19(3,4)23-16)22-18(20)14-10-8-7-9-11-14/h7-11,15-17H,5-6,12-13H2,1-4H3/t15-,16-/m0/s1. The van der Waals surface area contributed by atoms with Crippen molar-refractivity contribution in [1.29, 1.82) is 0 Å². The van der Waals surface area contributed by atoms with Crippen molar-refractivity contribution >= 4 is 29.5 Å². The van der Waals surface area contributed by atoms with Gasteiger partial charge in [-0.25, -0.2) is 4.79 Å². The van der Waals surface area contributed by atoms with Crippen LogP contribution in [0.1, 0.15) is 44.5 Å². The number of hydrogen-bond acceptors (Lipinski definition) is 6. The van der Waals surface area contributed by atoms with E-state index in [2.05, 4.69) is 13.8 Å². The van der Waals surface area contributed by atoms with Crippen LogP contribution >= 0.6 is 23.5 Å². The van der Waals surface area contributed by atoms with E-state index in [9.17, 15) is 4.79 Å². The number of rotatable bonds is 9. The molecule has 2 rings (SSSR count). The molecular formula is C19H28O4S2. The maximum Gasteiger partial charge on any atom is 0.338 e. The molecule has 0 aromatic heterocycles. The van der Waals surface area contributed by atoms with Crippen LogP contribution in [0.15, 0.2) is 30.3 Å². The Kier molecular flexibility index (Phi) is 8.13. The van der Waals surface area contributed by atoms with Gasteiger partial charge in [-0.2, -0.15) is 0 Å². The summed E-state index contributed by atoms with van der Waals surface area (Å²) in [6, 6.07) is 9.11. The highest BCUT2D eigenvalue weighted by Crippen LogP contribution is 2.33. The number of thioether (sulfide) groups is 2. The van der Waals surface area contributed by atoms with Crippen molar-refractivity contribution in [2.45, 2.75) is 56.7 Å². The molecule has 0 saturated carbocycles. The Morgan fingerprint density at radius 2 is 1.88 bits per heavy atom. The van der Waals surface area contributed by atoms with Crippen LogP contribution in [0.25, 0.3) is 0 Å². The van der Waals surface area contributed by atoms with Gasteiger partial charge in [0.1, 0.15) is 12.2 Å². The third kappa shape index (κ3) is 6.51. The topological polar surface area (TPSA) is 44.8 Å². The molecule has 0 N–H and O–H groups in total. The molecule has 1 fully saturated rings. The molecule has 0 bridgehead atoms. The second-order valence-electron chi connectivity index (χ2n) is 6.25. The molecule has 1 aromatic rings. The summed E-state index contributed by atoms with van der Waals surface area (Å²) in [5.41, 5.74) is 0.563. The lowest BCUT2D eigenvalue weighted by atomic mass is 10.1. The number of hydrogen-bond donors (Lipinski definition) is 0. The van der Waals surface area contributed by atoms with Crippen molar-refractivity contribution < 1.29 is 19.0 Å². The second-order valence-corrected chi connectivity index (χ2v) is 9.51. The van der Waals surface area contributed by atoms with E-state index in [-0.39, 0.29) is 18.2 Å². The fourth-order valence-corrected chi connectivity index (χ4v) is 5.30. The first-order chi connectivity index (χ1) is 11.9. The van der Waals surface area contributed by atoms with Crippen LogP contribution < -0.4 is 0 Å². The highest BCUT2D eigenvalue weighted by atomic mass is 32.2. The average Bonchev–Trinajstić information content (AvgIpc) is 2.95. The van der Waals surface area contributed by atoms with Crippen molar-refractivity contribution in [1.82, 2.24) is 0 Å². The highest BCUT2D eigenvalue weighted by molar-refractivity contribution is 8.16. The summed E-state index contributed by atoms with van der Waals surface area (Å²) in [6.45, 7) is 8.53. The van der Waals surface area contributed by atoms with E-state index >= 15 is 0 Å². The zero-order valence-electron chi connectivity index (χ0n) is 15.4. The Balaban J connectivity index is 2.09. The first-order valence-electron chi connectivity index (χ1n) is 8.76. The van der Waals surface area contributed by atoms with Crippen molar-refractivity contribution in [3.8, 4) is 0 Å². The summed E-state index contributed by atoms with van der Waals surface area (Å²) in [6.07, 6.45) is 0.192. The van der Waals surface area contributed by atoms with Crippen LogP contribution in [0.4, 0.5) is 0 Å². The van der Waals surface area contributed by atoms with E-state index in [1.54, 1.807) is 12.1 Å². The number of carbonyl (C=O) groups is 1. The Bertz CT molecular complexity index is 529. The number of carbonyl (C=O) groups excluding carboxylic acids is 1. The van der Waals surface area contributed by atoms with Crippen LogP contribution in [-0.4, -0.2) is 46.7 Å². The minimum atomic E-state index is -0.632. The summed E-state index contributed by atoms with van der Waals surface area (Å²) in [7, 11) is 0. The molecule has 1 aliphatic heterocycles. The predicted molar refractivity (Wildman–Crippen MR) is 105 cm³/mol. The van der Waals surface area contributed by atoms with Crippen LogP contribution in [0.2, 0.25) is 0 Å². The van der Waals surface area contributed by atoms with E-state index in [1.807, 2.05) is 55.6 Å². The van der Waals surface area contributed by atoms with Gasteiger partial charge in [0.25, 0.3) is 0 Å². The SMILES string of the molecule is CCSC(C[C@H](OC(=O)c1ccccc1)[C@@H]1COC(C)(C)O1)SCC. The maximum atomic E-state index is 12.5. The van der Waals surface area contributed by atoms with Gasteiger partial charge in [0, 0.05) is 6.42 Å². The molecule has 1 aliphatic rings. The van der Waals surface area contributed by atoms with Gasteiger partial charge >= 0.3 is 5.97 Å². The van der Waals surface area contributed by atoms with Crippen LogP contribution in [0.3, 0.4) is 0 Å². The van der Waals surface area contributed by atoms with Crippen LogP contribution in [0, 0.1) is 0 Å². The molecule has 0 spiro atoms. The summed E-state index contributed by atoms with van der Waals surface area (Å²) >= 11 is 3.77. The molecule has 0 aliphatic carbocycles. The van der Waals surface area contributed by atoms with Gasteiger partial charge in [-0.15, -0.1) is 23.5 Å². The molecule has 6 heteroatoms. The molecule has 0 unspecified atom stereocenters. The number of ether oxygens (including phenoxy) is 3. The van der Waals surface area contributed by atoms with Gasteiger partial charge < -0.3 is 14.2 Å². The van der Waals surface area contributed by atoms with E-state index < -0.39 is 5.79 Å². The quantitative estimate of drug-likeness (QED) is 0.458. The van der Waals surface area contributed by atoms with E-state index in [1.165, 1.54) is 0 Å². The third-order valence-electron chi connectivity index (χ3n) is 3.84. The second kappa shape index (κ2) is 9.86. The van der Waals surface area contributed by atoms with Gasteiger partial charge in [-0.05, 0) is 37.5 Å². The fraction of sp³-hybridized carbons (Fsp3) is 0.632. The van der Waals surface area contributed by atoms with Gasteiger partial charge in [0.2, 0.25) is 0 Å². The number of esters is 1. The van der Waals surface area contributed by atoms with Crippen LogP contribution in [0.5, 0.6) is 0 Å². The molecule has 140 valence electrons. The zero-order valence-corrected chi connectivity index (χ0v) is 17.0. The summed E-state index contributed by atoms with van der Waals surface area (Å²) in [4.78, 5) is 12.5. The molecule has 1 aromatic carbocycles. The first kappa shape index (κ1) is 20.6. The van der Waals surface area contributed by atoms with E-state index in [0.717, 1.165) is 17.9 Å². The zero-order chi connectivity index (χ0) is 18.3. The molecule has 1 saturated heterocycles. The predicted octanol–water partition coefficient (Wildman–Crippen LogP) is 4.59. The molecular weight excluding hydrogens is 356 g/mol. The van der Waals surface area contributed by atoms with Crippen LogP contribution in [-0.2, 0) is 14.2 Å². The molecule has 25 heavy (non-hydrogen) atoms. The maximum absolute atomic E-state index is 12.5. The Labute approximate surface area is 159 Å².